The fourth-order valence-electron chi connectivity index (χ4n) is 5.17. The van der Waals surface area contributed by atoms with Crippen LogP contribution in [-0.2, 0) is 26.5 Å². The Kier molecular flexibility index (Phi) is 16.4. The van der Waals surface area contributed by atoms with E-state index in [1.807, 2.05) is 0 Å². The molecule has 0 atom stereocenters. The van der Waals surface area contributed by atoms with Gasteiger partial charge in [0.1, 0.15) is 0 Å². The van der Waals surface area contributed by atoms with E-state index in [0.29, 0.717) is 0 Å². The van der Waals surface area contributed by atoms with Gasteiger partial charge in [0, 0.05) is 20.4 Å². The summed E-state index contributed by atoms with van der Waals surface area (Å²) in [4.78, 5) is 10.4. The Morgan fingerprint density at radius 2 is 1.14 bits per heavy atom. The van der Waals surface area contributed by atoms with Gasteiger partial charge in [0.15, 0.2) is 0 Å². The molecule has 2 nitrogen and oxygen atoms in total. The molecule has 208 valence electrons. The number of unbranched alkanes of at least 4 members (excludes halogenated alkanes) is 4. The fraction of sp³-hybridized carbons (Fsp3) is 0.576. The van der Waals surface area contributed by atoms with Crippen LogP contribution in [0.2, 0.25) is 18.1 Å². The molecule has 37 heavy (non-hydrogen) atoms. The average molecular weight is 611 g/mol. The van der Waals surface area contributed by atoms with Gasteiger partial charge in [-0.1, -0.05) is 102 Å². The molecule has 4 heteroatoms. The van der Waals surface area contributed by atoms with E-state index >= 15 is 0 Å². The Balaban J connectivity index is 0.00000684. The summed E-state index contributed by atoms with van der Waals surface area (Å²) in [6, 6.07) is 21.2. The van der Waals surface area contributed by atoms with Gasteiger partial charge in [-0.05, 0) is 81.0 Å². The second kappa shape index (κ2) is 18.0. The maximum atomic E-state index is 5.25. The summed E-state index contributed by atoms with van der Waals surface area (Å²) in [5, 5.41) is 0. The first-order valence-corrected chi connectivity index (χ1v) is 17.5. The van der Waals surface area contributed by atoms with Crippen LogP contribution in [0.15, 0.2) is 52.4 Å². The van der Waals surface area contributed by atoms with E-state index in [0.717, 1.165) is 30.6 Å². The van der Waals surface area contributed by atoms with Gasteiger partial charge in [0.05, 0.1) is 30.9 Å². The largest absolute Gasteiger partial charge is 0.252 e. The van der Waals surface area contributed by atoms with Gasteiger partial charge in [-0.25, -0.2) is 0 Å². The minimum atomic E-state index is -1.17. The molecule has 0 N–H and O–H groups in total. The number of nitrogens with zero attached hydrogens (tertiary/aromatic N) is 2. The first kappa shape index (κ1) is 33.7. The van der Waals surface area contributed by atoms with Gasteiger partial charge < -0.3 is 0 Å². The molecule has 0 amide bonds. The number of hydrogen-bond acceptors (Lipinski definition) is 2. The summed E-state index contributed by atoms with van der Waals surface area (Å²) < 4.78 is 0. The number of benzene rings is 2. The first-order chi connectivity index (χ1) is 17.4. The molecule has 2 aromatic rings. The molecule has 0 aliphatic carbocycles. The Morgan fingerprint density at radius 3 is 1.65 bits per heavy atom. The van der Waals surface area contributed by atoms with Crippen LogP contribution < -0.4 is 0 Å². The van der Waals surface area contributed by atoms with Gasteiger partial charge >= 0.3 is 0 Å². The maximum Gasteiger partial charge on any atom is 0.0639 e. The van der Waals surface area contributed by atoms with Crippen molar-refractivity contribution in [3.8, 4) is 0 Å². The van der Waals surface area contributed by atoms with Gasteiger partial charge in [-0.15, -0.1) is 0 Å². The molecule has 0 aliphatic heterocycles. The van der Waals surface area contributed by atoms with Crippen LogP contribution in [0.1, 0.15) is 103 Å². The van der Waals surface area contributed by atoms with Crippen LogP contribution in [0.3, 0.4) is 0 Å². The molecular weight excluding hydrogens is 559 g/mol. The molecule has 0 heterocycles. The Morgan fingerprint density at radius 1 is 0.622 bits per heavy atom. The number of hydrogen-bond donors (Lipinski definition) is 0. The summed E-state index contributed by atoms with van der Waals surface area (Å²) >= 11 is 0. The third-order valence-electron chi connectivity index (χ3n) is 7.87. The number of aryl methyl sites for hydroxylation is 2. The van der Waals surface area contributed by atoms with Gasteiger partial charge in [-0.2, -0.15) is 0 Å². The van der Waals surface area contributed by atoms with Crippen molar-refractivity contribution >= 4 is 30.9 Å². The van der Waals surface area contributed by atoms with Crippen molar-refractivity contribution in [2.75, 3.05) is 0 Å². The predicted octanol–water partition coefficient (Wildman–Crippen LogP) is 10.9. The number of rotatable bonds is 16. The Bertz CT molecular complexity index is 946. The van der Waals surface area contributed by atoms with Crippen molar-refractivity contribution in [2.45, 2.75) is 124 Å². The molecule has 0 saturated carbocycles. The van der Waals surface area contributed by atoms with Crippen molar-refractivity contribution in [1.82, 2.24) is 0 Å². The molecule has 0 bridgehead atoms. The van der Waals surface area contributed by atoms with E-state index in [9.17, 15) is 0 Å². The molecule has 2 aromatic carbocycles. The van der Waals surface area contributed by atoms with Crippen molar-refractivity contribution in [1.29, 1.82) is 0 Å². The summed E-state index contributed by atoms with van der Waals surface area (Å²) in [5.41, 5.74) is 8.53. The van der Waals surface area contributed by atoms with Crippen LogP contribution in [0.25, 0.3) is 0 Å². The van der Waals surface area contributed by atoms with Crippen LogP contribution >= 0.6 is 0 Å². The summed E-state index contributed by atoms with van der Waals surface area (Å²) in [6.07, 6.45) is 9.30. The van der Waals surface area contributed by atoms with Crippen molar-refractivity contribution in [2.24, 2.45) is 9.98 Å². The van der Waals surface area contributed by atoms with Crippen LogP contribution in [0, 0.1) is 13.8 Å². The molecule has 0 spiro atoms. The molecule has 0 saturated heterocycles. The van der Waals surface area contributed by atoms with Gasteiger partial charge in [0.2, 0.25) is 0 Å². The Labute approximate surface area is 243 Å². The van der Waals surface area contributed by atoms with Crippen LogP contribution in [-0.4, -0.2) is 19.5 Å². The fourth-order valence-corrected chi connectivity index (χ4v) is 8.52. The quantitative estimate of drug-likeness (QED) is 0.103. The molecule has 2 rings (SSSR count). The van der Waals surface area contributed by atoms with E-state index in [4.69, 9.17) is 9.98 Å². The smallest absolute Gasteiger partial charge is 0.0639 e. The normalized spacial score (nSPS) is 12.5. The molecular formula is C33H52N2PdSi. The maximum absolute atomic E-state index is 5.25. The molecule has 0 fully saturated rings. The predicted molar refractivity (Wildman–Crippen MR) is 166 cm³/mol. The van der Waals surface area contributed by atoms with Crippen molar-refractivity contribution in [3.63, 3.8) is 0 Å². The topological polar surface area (TPSA) is 24.7 Å². The zero-order valence-electron chi connectivity index (χ0n) is 24.7. The SMILES string of the molecule is CCCCCCC(=Nc1ccc(C[Si](CC)(CC)CC)cc1)C(CCCC)=Nc1cc(C)cc(C)c1.[Pd]. The van der Waals surface area contributed by atoms with Crippen molar-refractivity contribution < 1.29 is 20.4 Å². The van der Waals surface area contributed by atoms with Gasteiger partial charge in [-0.3, -0.25) is 9.98 Å². The zero-order chi connectivity index (χ0) is 26.4. The van der Waals surface area contributed by atoms with Crippen LogP contribution in [0.5, 0.6) is 0 Å². The standard InChI is InChI=1S/C33H52N2Si.Pd/c1-8-13-15-16-18-33(32(17-14-9-2)35-31-24-27(6)23-28(7)25-31)34-30-21-19-29(20-22-30)26-36(10-3,11-4)12-5;/h19-25H,8-18,26H2,1-7H3;. The van der Waals surface area contributed by atoms with E-state index < -0.39 is 8.07 Å². The van der Waals surface area contributed by atoms with Crippen LogP contribution in [0.4, 0.5) is 11.4 Å². The van der Waals surface area contributed by atoms with Gasteiger partial charge in [0.25, 0.3) is 0 Å². The second-order valence-electron chi connectivity index (χ2n) is 10.8. The average Bonchev–Trinajstić information content (AvgIpc) is 2.87. The third kappa shape index (κ3) is 11.5. The Hall–Kier alpha value is -1.34. The minimum Gasteiger partial charge on any atom is -0.252 e. The minimum absolute atomic E-state index is 0. The number of aliphatic imine (C=N–C) groups is 2. The summed E-state index contributed by atoms with van der Waals surface area (Å²) in [5.74, 6) is 0. The third-order valence-corrected chi connectivity index (χ3v) is 13.5. The summed E-state index contributed by atoms with van der Waals surface area (Å²) in [7, 11) is -1.17. The van der Waals surface area contributed by atoms with E-state index in [2.05, 4.69) is 90.9 Å². The van der Waals surface area contributed by atoms with E-state index in [1.165, 1.54) is 84.4 Å². The second-order valence-corrected chi connectivity index (χ2v) is 16.3. The summed E-state index contributed by atoms with van der Waals surface area (Å²) in [6.45, 7) is 16.1. The monoisotopic (exact) mass is 610 g/mol. The zero-order valence-corrected chi connectivity index (χ0v) is 27.3. The van der Waals surface area contributed by atoms with E-state index in [1.54, 1.807) is 0 Å². The molecule has 0 aromatic heterocycles. The molecule has 0 aliphatic rings. The van der Waals surface area contributed by atoms with E-state index in [-0.39, 0.29) is 20.4 Å². The molecule has 0 unspecified atom stereocenters. The first-order valence-electron chi connectivity index (χ1n) is 14.7. The van der Waals surface area contributed by atoms with Crippen molar-refractivity contribution in [3.05, 3.63) is 59.2 Å². The molecule has 0 radical (unpaired) electrons.